The smallest absolute Gasteiger partial charge is 0.287 e. The molecule has 0 aliphatic carbocycles. The van der Waals surface area contributed by atoms with E-state index in [1.807, 2.05) is 18.2 Å². The van der Waals surface area contributed by atoms with Gasteiger partial charge in [0, 0.05) is 31.1 Å². The van der Waals surface area contributed by atoms with Gasteiger partial charge in [-0.3, -0.25) is 9.69 Å². The van der Waals surface area contributed by atoms with Gasteiger partial charge in [0.25, 0.3) is 5.91 Å². The van der Waals surface area contributed by atoms with Crippen LogP contribution in [0.2, 0.25) is 0 Å². The Bertz CT molecular complexity index is 1010. The van der Waals surface area contributed by atoms with Crippen LogP contribution in [0.3, 0.4) is 0 Å². The van der Waals surface area contributed by atoms with Crippen molar-refractivity contribution < 1.29 is 18.0 Å². The van der Waals surface area contributed by atoms with E-state index in [4.69, 9.17) is 4.42 Å². The van der Waals surface area contributed by atoms with Crippen molar-refractivity contribution in [1.82, 2.24) is 10.2 Å². The maximum atomic E-state index is 13.3. The molecule has 4 rings (SSSR count). The molecular weight excluding hydrogens is 430 g/mol. The van der Waals surface area contributed by atoms with Gasteiger partial charge in [-0.15, -0.1) is 0 Å². The zero-order valence-corrected chi connectivity index (χ0v) is 16.6. The normalized spacial score (nSPS) is 15.8. The maximum absolute atomic E-state index is 13.3. The molecule has 3 aromatic rings. The number of amides is 1. The second-order valence-corrected chi connectivity index (χ2v) is 7.90. The fourth-order valence-corrected chi connectivity index (χ4v) is 3.99. The highest BCUT2D eigenvalue weighted by Gasteiger charge is 2.23. The zero-order valence-electron chi connectivity index (χ0n) is 15.1. The Morgan fingerprint density at radius 2 is 1.93 bits per heavy atom. The molecule has 1 amide bonds. The number of nitrogens with zero attached hydrogens (tertiary/aromatic N) is 1. The van der Waals surface area contributed by atoms with Gasteiger partial charge in [0.15, 0.2) is 17.4 Å². The summed E-state index contributed by atoms with van der Waals surface area (Å²) in [5, 5.41) is 3.91. The number of carbonyl (C=O) groups is 1. The molecule has 0 spiro atoms. The van der Waals surface area contributed by atoms with Gasteiger partial charge < -0.3 is 9.73 Å². The summed E-state index contributed by atoms with van der Waals surface area (Å²) in [5.74, 6) is -1.58. The maximum Gasteiger partial charge on any atom is 0.287 e. The molecule has 2 heterocycles. The topological polar surface area (TPSA) is 45.5 Å². The third kappa shape index (κ3) is 4.10. The summed E-state index contributed by atoms with van der Waals surface area (Å²) in [4.78, 5) is 14.7. The van der Waals surface area contributed by atoms with Gasteiger partial charge in [0.1, 0.15) is 5.58 Å². The van der Waals surface area contributed by atoms with Gasteiger partial charge in [-0.2, -0.15) is 0 Å². The van der Waals surface area contributed by atoms with Crippen LogP contribution in [0, 0.1) is 11.6 Å². The third-order valence-electron chi connectivity index (χ3n) is 5.03. The summed E-state index contributed by atoms with van der Waals surface area (Å²) in [6.45, 7) is 2.11. The van der Waals surface area contributed by atoms with Crippen LogP contribution in [0.4, 0.5) is 8.78 Å². The predicted molar refractivity (Wildman–Crippen MR) is 106 cm³/mol. The molecule has 0 saturated carbocycles. The second kappa shape index (κ2) is 8.01. The fraction of sp³-hybridized carbons (Fsp3) is 0.286. The molecule has 1 aliphatic heterocycles. The Morgan fingerprint density at radius 3 is 2.64 bits per heavy atom. The first-order chi connectivity index (χ1) is 13.5. The zero-order chi connectivity index (χ0) is 19.7. The molecule has 1 aromatic heterocycles. The van der Waals surface area contributed by atoms with Crippen LogP contribution < -0.4 is 5.32 Å². The van der Waals surface area contributed by atoms with Gasteiger partial charge in [0.2, 0.25) is 0 Å². The molecule has 0 unspecified atom stereocenters. The average molecular weight is 449 g/mol. The lowest BCUT2D eigenvalue weighted by Gasteiger charge is -2.32. The van der Waals surface area contributed by atoms with Crippen molar-refractivity contribution in [3.63, 3.8) is 0 Å². The van der Waals surface area contributed by atoms with Crippen molar-refractivity contribution in [2.24, 2.45) is 0 Å². The summed E-state index contributed by atoms with van der Waals surface area (Å²) in [6.07, 6.45) is 1.58. The number of hydrogen-bond donors (Lipinski definition) is 1. The summed E-state index contributed by atoms with van der Waals surface area (Å²) in [7, 11) is 0. The second-order valence-electron chi connectivity index (χ2n) is 7.04. The van der Waals surface area contributed by atoms with E-state index in [-0.39, 0.29) is 11.9 Å². The molecular formula is C21H19BrF2N2O2. The van der Waals surface area contributed by atoms with Crippen molar-refractivity contribution in [2.45, 2.75) is 25.4 Å². The van der Waals surface area contributed by atoms with Crippen LogP contribution in [-0.2, 0) is 6.54 Å². The molecule has 2 aromatic carbocycles. The Kier molecular flexibility index (Phi) is 5.46. The molecule has 1 fully saturated rings. The van der Waals surface area contributed by atoms with Crippen LogP contribution in [0.15, 0.2) is 51.4 Å². The SMILES string of the molecule is O=C(NC1CCN(Cc2ccc(F)c(F)c2)CC1)c1cc2cccc(Br)c2o1. The van der Waals surface area contributed by atoms with E-state index < -0.39 is 11.6 Å². The highest BCUT2D eigenvalue weighted by atomic mass is 79.9. The lowest BCUT2D eigenvalue weighted by atomic mass is 10.0. The van der Waals surface area contributed by atoms with E-state index in [1.54, 1.807) is 12.1 Å². The number of likely N-dealkylation sites (tertiary alicyclic amines) is 1. The number of rotatable bonds is 4. The van der Waals surface area contributed by atoms with Crippen LogP contribution in [-0.4, -0.2) is 29.9 Å². The molecule has 0 bridgehead atoms. The molecule has 1 saturated heterocycles. The largest absolute Gasteiger partial charge is 0.450 e. The molecule has 7 heteroatoms. The van der Waals surface area contributed by atoms with Crippen LogP contribution in [0.25, 0.3) is 11.0 Å². The summed E-state index contributed by atoms with van der Waals surface area (Å²) >= 11 is 3.42. The number of carbonyl (C=O) groups excluding carboxylic acids is 1. The van der Waals surface area contributed by atoms with Crippen molar-refractivity contribution in [3.8, 4) is 0 Å². The Balaban J connectivity index is 1.32. The monoisotopic (exact) mass is 448 g/mol. The number of hydrogen-bond acceptors (Lipinski definition) is 3. The van der Waals surface area contributed by atoms with Crippen LogP contribution in [0.5, 0.6) is 0 Å². The molecule has 1 aliphatic rings. The van der Waals surface area contributed by atoms with Crippen molar-refractivity contribution in [1.29, 1.82) is 0 Å². The van der Waals surface area contributed by atoms with E-state index in [2.05, 4.69) is 26.1 Å². The van der Waals surface area contributed by atoms with Gasteiger partial charge in [-0.05, 0) is 58.6 Å². The highest BCUT2D eigenvalue weighted by Crippen LogP contribution is 2.27. The van der Waals surface area contributed by atoms with E-state index in [0.29, 0.717) is 17.9 Å². The quantitative estimate of drug-likeness (QED) is 0.619. The van der Waals surface area contributed by atoms with E-state index in [0.717, 1.165) is 47.4 Å². The lowest BCUT2D eigenvalue weighted by molar-refractivity contribution is 0.0883. The number of furan rings is 1. The summed E-state index contributed by atoms with van der Waals surface area (Å²) in [6, 6.07) is 11.5. The standard InChI is InChI=1S/C21H19BrF2N2O2/c22-16-3-1-2-14-11-19(28-20(14)16)21(27)25-15-6-8-26(9-7-15)12-13-4-5-17(23)18(24)10-13/h1-5,10-11,15H,6-9,12H2,(H,25,27). The van der Waals surface area contributed by atoms with Crippen LogP contribution in [0.1, 0.15) is 29.0 Å². The number of para-hydroxylation sites is 1. The summed E-state index contributed by atoms with van der Waals surface area (Å²) < 4.78 is 32.9. The minimum Gasteiger partial charge on any atom is -0.450 e. The first-order valence-corrected chi connectivity index (χ1v) is 9.94. The number of nitrogens with one attached hydrogen (secondary N) is 1. The molecule has 146 valence electrons. The number of fused-ring (bicyclic) bond motifs is 1. The number of benzene rings is 2. The number of halogens is 3. The Hall–Kier alpha value is -2.25. The predicted octanol–water partition coefficient (Wildman–Crippen LogP) is 4.87. The Labute approximate surface area is 169 Å². The van der Waals surface area contributed by atoms with Gasteiger partial charge >= 0.3 is 0 Å². The van der Waals surface area contributed by atoms with Gasteiger partial charge in [0.05, 0.1) is 4.47 Å². The molecule has 28 heavy (non-hydrogen) atoms. The lowest BCUT2D eigenvalue weighted by Crippen LogP contribution is -2.44. The van der Waals surface area contributed by atoms with E-state index in [1.165, 1.54) is 6.07 Å². The van der Waals surface area contributed by atoms with Crippen LogP contribution >= 0.6 is 15.9 Å². The molecule has 0 atom stereocenters. The summed E-state index contributed by atoms with van der Waals surface area (Å²) in [5.41, 5.74) is 1.41. The van der Waals surface area contributed by atoms with Crippen molar-refractivity contribution in [2.75, 3.05) is 13.1 Å². The number of piperidine rings is 1. The first kappa shape index (κ1) is 19.1. The molecule has 4 nitrogen and oxygen atoms in total. The van der Waals surface area contributed by atoms with Crippen molar-refractivity contribution >= 4 is 32.8 Å². The fourth-order valence-electron chi connectivity index (χ4n) is 3.53. The minimum absolute atomic E-state index is 0.0605. The Morgan fingerprint density at radius 1 is 1.14 bits per heavy atom. The van der Waals surface area contributed by atoms with Gasteiger partial charge in [-0.1, -0.05) is 18.2 Å². The van der Waals surface area contributed by atoms with E-state index >= 15 is 0 Å². The first-order valence-electron chi connectivity index (χ1n) is 9.15. The third-order valence-corrected chi connectivity index (χ3v) is 5.66. The van der Waals surface area contributed by atoms with E-state index in [9.17, 15) is 13.6 Å². The molecule has 1 N–H and O–H groups in total. The van der Waals surface area contributed by atoms with Gasteiger partial charge in [-0.25, -0.2) is 8.78 Å². The molecule has 0 radical (unpaired) electrons. The van der Waals surface area contributed by atoms with Crippen molar-refractivity contribution in [3.05, 3.63) is 69.9 Å². The minimum atomic E-state index is -0.831. The average Bonchev–Trinajstić information content (AvgIpc) is 3.12. The highest BCUT2D eigenvalue weighted by molar-refractivity contribution is 9.10.